The van der Waals surface area contributed by atoms with Crippen LogP contribution in [-0.4, -0.2) is 28.6 Å². The molecule has 0 spiro atoms. The molecular formula is C37H33N3O3. The van der Waals surface area contributed by atoms with Gasteiger partial charge < -0.3 is 9.47 Å². The molecule has 43 heavy (non-hydrogen) atoms. The molecule has 1 heterocycles. The van der Waals surface area contributed by atoms with E-state index in [9.17, 15) is 4.79 Å². The predicted octanol–water partition coefficient (Wildman–Crippen LogP) is 7.22. The molecule has 0 radical (unpaired) electrons. The third-order valence-electron chi connectivity index (χ3n) is 7.29. The molecule has 0 aliphatic carbocycles. The van der Waals surface area contributed by atoms with Gasteiger partial charge in [-0.15, -0.1) is 0 Å². The number of rotatable bonds is 11. The molecule has 0 saturated carbocycles. The lowest BCUT2D eigenvalue weighted by molar-refractivity contribution is -0.128. The fourth-order valence-electron chi connectivity index (χ4n) is 5.06. The maximum absolute atomic E-state index is 13.3. The van der Waals surface area contributed by atoms with Crippen molar-refractivity contribution in [3.8, 4) is 11.5 Å². The number of carbonyl (C=O) groups is 1. The first-order chi connectivity index (χ1) is 21.2. The largest absolute Gasteiger partial charge is 0.489 e. The van der Waals surface area contributed by atoms with Gasteiger partial charge in [0.2, 0.25) is 0 Å². The summed E-state index contributed by atoms with van der Waals surface area (Å²) in [5.74, 6) is 1.50. The summed E-state index contributed by atoms with van der Waals surface area (Å²) < 4.78 is 11.9. The minimum absolute atomic E-state index is 0.0515. The summed E-state index contributed by atoms with van der Waals surface area (Å²) in [7, 11) is 0. The molecule has 0 aromatic heterocycles. The second-order valence-electron chi connectivity index (χ2n) is 10.4. The molecule has 1 fully saturated rings. The lowest BCUT2D eigenvalue weighted by atomic mass is 10.1. The Morgan fingerprint density at radius 2 is 1.12 bits per heavy atom. The molecule has 0 bridgehead atoms. The maximum atomic E-state index is 13.3. The monoisotopic (exact) mass is 567 g/mol. The van der Waals surface area contributed by atoms with E-state index in [0.29, 0.717) is 19.8 Å². The average Bonchev–Trinajstić information content (AvgIpc) is 3.37. The Kier molecular flexibility index (Phi) is 8.87. The van der Waals surface area contributed by atoms with Crippen LogP contribution in [0.15, 0.2) is 145 Å². The van der Waals surface area contributed by atoms with Crippen LogP contribution in [0.4, 0.5) is 0 Å². The van der Waals surface area contributed by atoms with Crippen molar-refractivity contribution < 1.29 is 14.3 Å². The minimum Gasteiger partial charge on any atom is -0.489 e. The SMILES string of the molecule is O=C1CN(Cc2ccccc2)C(c2ccc(OCc3ccccc3)cc2)N1N=Cc1ccc(OCc2ccccc2)cc1. The lowest BCUT2D eigenvalue weighted by Gasteiger charge is -2.27. The van der Waals surface area contributed by atoms with Crippen molar-refractivity contribution in [1.29, 1.82) is 0 Å². The number of nitrogens with zero attached hydrogens (tertiary/aromatic N) is 3. The van der Waals surface area contributed by atoms with Crippen LogP contribution in [0.5, 0.6) is 11.5 Å². The molecule has 1 aliphatic heterocycles. The standard InChI is InChI=1S/C37H33N3O3/c41-36-26-39(25-30-10-4-1-5-11-30)37(33-18-22-35(23-19-33)43-28-32-14-8-3-9-15-32)40(36)38-24-29-16-20-34(21-17-29)42-27-31-12-6-2-7-13-31/h1-24,37H,25-28H2. The summed E-state index contributed by atoms with van der Waals surface area (Å²) in [5.41, 5.74) is 5.21. The third-order valence-corrected chi connectivity index (χ3v) is 7.29. The summed E-state index contributed by atoms with van der Waals surface area (Å²) in [6.07, 6.45) is 1.38. The van der Waals surface area contributed by atoms with Gasteiger partial charge in [0.15, 0.2) is 0 Å². The highest BCUT2D eigenvalue weighted by Gasteiger charge is 2.39. The Hall–Kier alpha value is -5.20. The van der Waals surface area contributed by atoms with E-state index in [4.69, 9.17) is 14.6 Å². The van der Waals surface area contributed by atoms with Crippen molar-refractivity contribution in [3.05, 3.63) is 167 Å². The minimum atomic E-state index is -0.347. The van der Waals surface area contributed by atoms with Crippen LogP contribution in [0.1, 0.15) is 34.0 Å². The van der Waals surface area contributed by atoms with Crippen LogP contribution in [0.25, 0.3) is 0 Å². The number of hydrazone groups is 1. The van der Waals surface area contributed by atoms with Crippen LogP contribution >= 0.6 is 0 Å². The average molecular weight is 568 g/mol. The molecule has 6 heteroatoms. The first kappa shape index (κ1) is 27.9. The summed E-state index contributed by atoms with van der Waals surface area (Å²) in [5, 5.41) is 6.28. The quantitative estimate of drug-likeness (QED) is 0.158. The van der Waals surface area contributed by atoms with E-state index < -0.39 is 0 Å². The number of hydrogen-bond acceptors (Lipinski definition) is 5. The lowest BCUT2D eigenvalue weighted by Crippen LogP contribution is -2.28. The molecule has 5 aromatic carbocycles. The molecule has 1 unspecified atom stereocenters. The molecule has 1 amide bonds. The fraction of sp³-hybridized carbons (Fsp3) is 0.135. The highest BCUT2D eigenvalue weighted by Crippen LogP contribution is 2.33. The zero-order chi connectivity index (χ0) is 29.3. The Bertz CT molecular complexity index is 1620. The van der Waals surface area contributed by atoms with Gasteiger partial charge in [0, 0.05) is 6.54 Å². The molecular weight excluding hydrogens is 534 g/mol. The Morgan fingerprint density at radius 1 is 0.628 bits per heavy atom. The number of amides is 1. The first-order valence-corrected chi connectivity index (χ1v) is 14.4. The molecule has 1 saturated heterocycles. The van der Waals surface area contributed by atoms with Crippen molar-refractivity contribution in [2.45, 2.75) is 25.9 Å². The molecule has 5 aromatic rings. The van der Waals surface area contributed by atoms with E-state index >= 15 is 0 Å². The Labute approximate surface area is 252 Å². The molecule has 6 nitrogen and oxygen atoms in total. The summed E-state index contributed by atoms with van der Waals surface area (Å²) >= 11 is 0. The van der Waals surface area contributed by atoms with E-state index in [2.05, 4.69) is 17.0 Å². The highest BCUT2D eigenvalue weighted by molar-refractivity contribution is 5.84. The number of ether oxygens (including phenoxy) is 2. The van der Waals surface area contributed by atoms with Crippen molar-refractivity contribution in [2.75, 3.05) is 6.54 Å². The third kappa shape index (κ3) is 7.36. The Balaban J connectivity index is 1.18. The summed E-state index contributed by atoms with van der Waals surface area (Å²) in [4.78, 5) is 15.5. The first-order valence-electron chi connectivity index (χ1n) is 14.4. The van der Waals surface area contributed by atoms with Crippen LogP contribution in [0.2, 0.25) is 0 Å². The zero-order valence-electron chi connectivity index (χ0n) is 23.8. The predicted molar refractivity (Wildman–Crippen MR) is 168 cm³/mol. The van der Waals surface area contributed by atoms with Gasteiger partial charge in [0.05, 0.1) is 12.8 Å². The van der Waals surface area contributed by atoms with Gasteiger partial charge in [0.25, 0.3) is 5.91 Å². The smallest absolute Gasteiger partial charge is 0.258 e. The van der Waals surface area contributed by atoms with Gasteiger partial charge in [-0.25, -0.2) is 5.01 Å². The number of carbonyl (C=O) groups excluding carboxylic acids is 1. The van der Waals surface area contributed by atoms with E-state index in [1.165, 1.54) is 0 Å². The fourth-order valence-corrected chi connectivity index (χ4v) is 5.06. The highest BCUT2D eigenvalue weighted by atomic mass is 16.5. The normalized spacial score (nSPS) is 15.2. The van der Waals surface area contributed by atoms with E-state index in [1.54, 1.807) is 11.2 Å². The zero-order valence-corrected chi connectivity index (χ0v) is 23.8. The van der Waals surface area contributed by atoms with E-state index in [-0.39, 0.29) is 18.6 Å². The van der Waals surface area contributed by atoms with E-state index in [1.807, 2.05) is 127 Å². The van der Waals surface area contributed by atoms with Gasteiger partial charge in [-0.1, -0.05) is 103 Å². The number of hydrogen-bond donors (Lipinski definition) is 0. The van der Waals surface area contributed by atoms with Gasteiger partial charge in [-0.05, 0) is 64.2 Å². The van der Waals surface area contributed by atoms with Crippen molar-refractivity contribution >= 4 is 12.1 Å². The number of benzene rings is 5. The van der Waals surface area contributed by atoms with Crippen molar-refractivity contribution in [2.24, 2.45) is 5.10 Å². The molecule has 214 valence electrons. The van der Waals surface area contributed by atoms with E-state index in [0.717, 1.165) is 39.3 Å². The second kappa shape index (κ2) is 13.6. The summed E-state index contributed by atoms with van der Waals surface area (Å²) in [6.45, 7) is 1.90. The molecule has 0 N–H and O–H groups in total. The van der Waals surface area contributed by atoms with Crippen molar-refractivity contribution in [3.63, 3.8) is 0 Å². The topological polar surface area (TPSA) is 54.4 Å². The summed E-state index contributed by atoms with van der Waals surface area (Å²) in [6, 6.07) is 46.0. The van der Waals surface area contributed by atoms with Gasteiger partial charge >= 0.3 is 0 Å². The van der Waals surface area contributed by atoms with Gasteiger partial charge in [-0.3, -0.25) is 9.69 Å². The van der Waals surface area contributed by atoms with Crippen LogP contribution in [0.3, 0.4) is 0 Å². The van der Waals surface area contributed by atoms with Crippen LogP contribution < -0.4 is 9.47 Å². The molecule has 6 rings (SSSR count). The van der Waals surface area contributed by atoms with Gasteiger partial charge in [-0.2, -0.15) is 5.10 Å². The Morgan fingerprint density at radius 3 is 1.65 bits per heavy atom. The van der Waals surface area contributed by atoms with Crippen LogP contribution in [0, 0.1) is 0 Å². The molecule has 1 atom stereocenters. The van der Waals surface area contributed by atoms with Gasteiger partial charge in [0.1, 0.15) is 30.9 Å². The maximum Gasteiger partial charge on any atom is 0.258 e. The van der Waals surface area contributed by atoms with Crippen LogP contribution in [-0.2, 0) is 24.6 Å². The van der Waals surface area contributed by atoms with Crippen molar-refractivity contribution in [1.82, 2.24) is 9.91 Å². The second-order valence-corrected chi connectivity index (χ2v) is 10.4. The molecule has 1 aliphatic rings.